The number of carbonyl (C=O) groups excluding carboxylic acids is 1. The molecule has 2 aromatic rings. The van der Waals surface area contributed by atoms with Crippen LogP contribution < -0.4 is 14.8 Å². The minimum absolute atomic E-state index is 0.211. The van der Waals surface area contributed by atoms with E-state index < -0.39 is 5.82 Å². The van der Waals surface area contributed by atoms with Crippen molar-refractivity contribution in [3.8, 4) is 11.5 Å². The lowest BCUT2D eigenvalue weighted by atomic mass is 10.1. The zero-order chi connectivity index (χ0) is 20.1. The largest absolute Gasteiger partial charge is 0.497 e. The molecule has 1 fully saturated rings. The van der Waals surface area contributed by atoms with E-state index in [2.05, 4.69) is 21.2 Å². The summed E-state index contributed by atoms with van der Waals surface area (Å²) < 4.78 is 31.0. The van der Waals surface area contributed by atoms with Crippen LogP contribution in [0.3, 0.4) is 0 Å². The van der Waals surface area contributed by atoms with Crippen LogP contribution in [0, 0.1) is 5.82 Å². The number of halogens is 2. The molecule has 150 valence electrons. The molecule has 6 nitrogen and oxygen atoms in total. The summed E-state index contributed by atoms with van der Waals surface area (Å²) in [6.45, 7) is 2.35. The minimum Gasteiger partial charge on any atom is -0.497 e. The van der Waals surface area contributed by atoms with Crippen LogP contribution in [-0.2, 0) is 11.3 Å². The summed E-state index contributed by atoms with van der Waals surface area (Å²) in [6, 6.07) is 8.28. The highest BCUT2D eigenvalue weighted by Gasteiger charge is 2.22. The van der Waals surface area contributed by atoms with E-state index in [1.54, 1.807) is 31.3 Å². The Morgan fingerprint density at radius 3 is 2.64 bits per heavy atom. The summed E-state index contributed by atoms with van der Waals surface area (Å²) in [5, 5.41) is 3.06. The average Bonchev–Trinajstić information content (AvgIpc) is 2.74. The molecule has 28 heavy (non-hydrogen) atoms. The quantitative estimate of drug-likeness (QED) is 0.723. The number of hydrogen-bond donors (Lipinski definition) is 1. The number of ether oxygens (including phenoxy) is 3. The van der Waals surface area contributed by atoms with Crippen LogP contribution in [0.4, 0.5) is 10.1 Å². The molecule has 1 N–H and O–H groups in total. The van der Waals surface area contributed by atoms with Gasteiger partial charge in [-0.15, -0.1) is 0 Å². The number of benzene rings is 2. The lowest BCUT2D eigenvalue weighted by Crippen LogP contribution is -2.40. The van der Waals surface area contributed by atoms with Crippen LogP contribution in [-0.4, -0.2) is 51.3 Å². The van der Waals surface area contributed by atoms with Gasteiger partial charge in [-0.25, -0.2) is 4.39 Å². The van der Waals surface area contributed by atoms with Gasteiger partial charge in [0.25, 0.3) is 5.91 Å². The van der Waals surface area contributed by atoms with Crippen molar-refractivity contribution >= 4 is 27.5 Å². The van der Waals surface area contributed by atoms with Crippen molar-refractivity contribution in [2.75, 3.05) is 45.8 Å². The van der Waals surface area contributed by atoms with E-state index in [1.165, 1.54) is 6.07 Å². The van der Waals surface area contributed by atoms with E-state index in [4.69, 9.17) is 14.2 Å². The second-order valence-corrected chi connectivity index (χ2v) is 7.10. The average molecular weight is 453 g/mol. The molecule has 0 spiro atoms. The molecule has 0 bridgehead atoms. The van der Waals surface area contributed by atoms with E-state index in [1.807, 2.05) is 12.1 Å². The fraction of sp³-hybridized carbons (Fsp3) is 0.350. The van der Waals surface area contributed by atoms with Crippen LogP contribution in [0.5, 0.6) is 11.5 Å². The van der Waals surface area contributed by atoms with Gasteiger partial charge in [-0.1, -0.05) is 0 Å². The molecule has 2 aromatic carbocycles. The zero-order valence-corrected chi connectivity index (χ0v) is 17.3. The van der Waals surface area contributed by atoms with Crippen molar-refractivity contribution in [2.24, 2.45) is 0 Å². The van der Waals surface area contributed by atoms with Gasteiger partial charge >= 0.3 is 0 Å². The maximum absolute atomic E-state index is 14.6. The van der Waals surface area contributed by atoms with Crippen molar-refractivity contribution < 1.29 is 23.4 Å². The molecule has 1 heterocycles. The number of nitrogens with zero attached hydrogens (tertiary/aromatic N) is 1. The molecule has 3 rings (SSSR count). The smallest absolute Gasteiger partial charge is 0.255 e. The molecule has 0 aliphatic carbocycles. The Hall–Kier alpha value is -2.32. The van der Waals surface area contributed by atoms with Gasteiger partial charge in [-0.2, -0.15) is 0 Å². The fourth-order valence-electron chi connectivity index (χ4n) is 2.97. The van der Waals surface area contributed by atoms with Gasteiger partial charge in [-0.3, -0.25) is 4.79 Å². The highest BCUT2D eigenvalue weighted by Crippen LogP contribution is 2.29. The Morgan fingerprint density at radius 2 is 1.96 bits per heavy atom. The topological polar surface area (TPSA) is 60.0 Å². The van der Waals surface area contributed by atoms with Crippen LogP contribution in [0.25, 0.3) is 0 Å². The Kier molecular flexibility index (Phi) is 6.74. The molecule has 1 saturated heterocycles. The molecule has 0 atom stereocenters. The SMILES string of the molecule is COc1ccc(CNc2cc(Br)c(C(=O)N3CCOCC3)cc2F)c(OC)c1. The van der Waals surface area contributed by atoms with Gasteiger partial charge in [0.1, 0.15) is 17.3 Å². The Bertz CT molecular complexity index is 856. The highest BCUT2D eigenvalue weighted by atomic mass is 79.9. The highest BCUT2D eigenvalue weighted by molar-refractivity contribution is 9.10. The summed E-state index contributed by atoms with van der Waals surface area (Å²) >= 11 is 3.40. The third-order valence-electron chi connectivity index (χ3n) is 4.55. The number of anilines is 1. The van der Waals surface area contributed by atoms with E-state index in [0.717, 1.165) is 5.56 Å². The van der Waals surface area contributed by atoms with Gasteiger partial charge in [0.15, 0.2) is 0 Å². The Balaban J connectivity index is 1.75. The molecule has 1 aliphatic heterocycles. The van der Waals surface area contributed by atoms with Crippen LogP contribution >= 0.6 is 15.9 Å². The lowest BCUT2D eigenvalue weighted by molar-refractivity contribution is 0.0302. The number of nitrogens with one attached hydrogen (secondary N) is 1. The molecule has 1 amide bonds. The van der Waals surface area contributed by atoms with Crippen molar-refractivity contribution in [2.45, 2.75) is 6.54 Å². The molecule has 0 saturated carbocycles. The fourth-order valence-corrected chi connectivity index (χ4v) is 3.48. The second-order valence-electron chi connectivity index (χ2n) is 6.25. The maximum Gasteiger partial charge on any atom is 0.255 e. The third kappa shape index (κ3) is 4.56. The van der Waals surface area contributed by atoms with Crippen LogP contribution in [0.2, 0.25) is 0 Å². The summed E-state index contributed by atoms with van der Waals surface area (Å²) in [4.78, 5) is 14.3. The molecular weight excluding hydrogens is 431 g/mol. The normalized spacial score (nSPS) is 13.9. The van der Waals surface area contributed by atoms with Crippen molar-refractivity contribution in [3.05, 3.63) is 51.7 Å². The molecule has 0 unspecified atom stereocenters. The molecule has 0 radical (unpaired) electrons. The number of amides is 1. The summed E-state index contributed by atoms with van der Waals surface area (Å²) in [5.74, 6) is 0.621. The first-order chi connectivity index (χ1) is 13.5. The summed E-state index contributed by atoms with van der Waals surface area (Å²) in [7, 11) is 3.15. The summed E-state index contributed by atoms with van der Waals surface area (Å²) in [6.07, 6.45) is 0. The first-order valence-corrected chi connectivity index (χ1v) is 9.63. The van der Waals surface area contributed by atoms with Gasteiger partial charge in [-0.05, 0) is 40.2 Å². The molecule has 8 heteroatoms. The number of morpholine rings is 1. The monoisotopic (exact) mass is 452 g/mol. The Morgan fingerprint density at radius 1 is 1.21 bits per heavy atom. The maximum atomic E-state index is 14.6. The van der Waals surface area contributed by atoms with E-state index in [9.17, 15) is 9.18 Å². The van der Waals surface area contributed by atoms with Gasteiger partial charge in [0, 0.05) is 35.7 Å². The van der Waals surface area contributed by atoms with Crippen molar-refractivity contribution in [3.63, 3.8) is 0 Å². The predicted octanol–water partition coefficient (Wildman–Crippen LogP) is 3.69. The minimum atomic E-state index is -0.493. The number of hydrogen-bond acceptors (Lipinski definition) is 5. The molecular formula is C20H22BrFN2O4. The molecule has 0 aromatic heterocycles. The number of rotatable bonds is 6. The lowest BCUT2D eigenvalue weighted by Gasteiger charge is -2.27. The summed E-state index contributed by atoms with van der Waals surface area (Å²) in [5.41, 5.74) is 1.45. The number of carbonyl (C=O) groups is 1. The van der Waals surface area contributed by atoms with E-state index in [0.29, 0.717) is 60.1 Å². The molecule has 1 aliphatic rings. The van der Waals surface area contributed by atoms with Crippen LogP contribution in [0.15, 0.2) is 34.8 Å². The predicted molar refractivity (Wildman–Crippen MR) is 108 cm³/mol. The van der Waals surface area contributed by atoms with E-state index >= 15 is 0 Å². The van der Waals surface area contributed by atoms with Gasteiger partial charge < -0.3 is 24.4 Å². The number of methoxy groups -OCH3 is 2. The second kappa shape index (κ2) is 9.25. The standard InChI is InChI=1S/C20H22BrFN2O4/c1-26-14-4-3-13(19(9-14)27-2)12-23-18-11-16(21)15(10-17(18)22)20(25)24-5-7-28-8-6-24/h3-4,9-11,23H,5-8,12H2,1-2H3. The zero-order valence-electron chi connectivity index (χ0n) is 15.8. The Labute approximate surface area is 171 Å². The van der Waals surface area contributed by atoms with Gasteiger partial charge in [0.2, 0.25) is 0 Å². The van der Waals surface area contributed by atoms with Crippen LogP contribution in [0.1, 0.15) is 15.9 Å². The first-order valence-electron chi connectivity index (χ1n) is 8.84. The van der Waals surface area contributed by atoms with Crippen molar-refractivity contribution in [1.82, 2.24) is 4.90 Å². The first kappa shape index (κ1) is 20.4. The van der Waals surface area contributed by atoms with E-state index in [-0.39, 0.29) is 5.91 Å². The third-order valence-corrected chi connectivity index (χ3v) is 5.21. The van der Waals surface area contributed by atoms with Gasteiger partial charge in [0.05, 0.1) is 38.7 Å². The van der Waals surface area contributed by atoms with Crippen molar-refractivity contribution in [1.29, 1.82) is 0 Å².